The quantitative estimate of drug-likeness (QED) is 0.209. The first-order valence-electron chi connectivity index (χ1n) is 15.7. The molecule has 0 aliphatic heterocycles. The van der Waals surface area contributed by atoms with E-state index in [0.717, 1.165) is 46.6 Å². The summed E-state index contributed by atoms with van der Waals surface area (Å²) in [5.41, 5.74) is 10.6. The van der Waals surface area contributed by atoms with Crippen molar-refractivity contribution in [3.05, 3.63) is 186 Å². The second-order valence-corrected chi connectivity index (χ2v) is 12.0. The lowest BCUT2D eigenvalue weighted by Crippen LogP contribution is -2.31. The summed E-state index contributed by atoms with van der Waals surface area (Å²) < 4.78 is 0. The van der Waals surface area contributed by atoms with Crippen LogP contribution in [0.15, 0.2) is 158 Å². The zero-order valence-corrected chi connectivity index (χ0v) is 24.8. The van der Waals surface area contributed by atoms with Gasteiger partial charge in [0.05, 0.1) is 22.8 Å². The van der Waals surface area contributed by atoms with E-state index >= 15 is 0 Å². The van der Waals surface area contributed by atoms with Crippen LogP contribution in [0.4, 0.5) is 0 Å². The minimum atomic E-state index is -0.718. The van der Waals surface area contributed by atoms with Crippen LogP contribution in [0.25, 0.3) is 49.5 Å². The maximum atomic E-state index is 5.69. The molecular weight excluding hydrogens is 544 g/mol. The van der Waals surface area contributed by atoms with Gasteiger partial charge in [0.25, 0.3) is 0 Å². The lowest BCUT2D eigenvalue weighted by molar-refractivity contribution is 0.709. The standard InChI is InChI=1S/C43H30N2/c1-3-15-29(16-4-1)41-33-21-9-7-19-31(33)27-39(44-41)43(37-25-13-11-23-35(37)36-24-12-14-26-38(36)43)40-28-32-20-8-10-22-34(32)42(45-40)30-17-5-2-6-18-30/h1-5,7-17,19-28H,6,18H2. The number of benzene rings is 5. The minimum absolute atomic E-state index is 0.718. The van der Waals surface area contributed by atoms with Crippen molar-refractivity contribution in [2.24, 2.45) is 0 Å². The molecule has 0 fully saturated rings. The van der Waals surface area contributed by atoms with Gasteiger partial charge in [-0.1, -0.05) is 146 Å². The zero-order chi connectivity index (χ0) is 29.8. The van der Waals surface area contributed by atoms with Crippen molar-refractivity contribution in [3.8, 4) is 22.4 Å². The first-order valence-corrected chi connectivity index (χ1v) is 15.7. The lowest BCUT2D eigenvalue weighted by Gasteiger charge is -2.33. The summed E-state index contributed by atoms with van der Waals surface area (Å²) in [6.45, 7) is 0. The van der Waals surface area contributed by atoms with E-state index < -0.39 is 5.41 Å². The van der Waals surface area contributed by atoms with Gasteiger partial charge in [-0.2, -0.15) is 0 Å². The summed E-state index contributed by atoms with van der Waals surface area (Å²) in [6.07, 6.45) is 8.66. The fraction of sp³-hybridized carbons (Fsp3) is 0.0698. The Labute approximate surface area is 263 Å². The van der Waals surface area contributed by atoms with Crippen LogP contribution in [0.2, 0.25) is 0 Å². The molecule has 0 saturated heterocycles. The molecule has 0 saturated carbocycles. The number of allylic oxidation sites excluding steroid dienone is 4. The van der Waals surface area contributed by atoms with E-state index in [1.807, 2.05) is 0 Å². The number of rotatable bonds is 4. The maximum absolute atomic E-state index is 5.69. The third-order valence-corrected chi connectivity index (χ3v) is 9.57. The molecular formula is C43H30N2. The predicted octanol–water partition coefficient (Wildman–Crippen LogP) is 10.5. The Morgan fingerprint density at radius 1 is 0.511 bits per heavy atom. The summed E-state index contributed by atoms with van der Waals surface area (Å²) in [5, 5.41) is 4.70. The molecule has 0 spiro atoms. The van der Waals surface area contributed by atoms with Crippen molar-refractivity contribution < 1.29 is 0 Å². The molecule has 0 amide bonds. The molecule has 2 aromatic heterocycles. The lowest BCUT2D eigenvalue weighted by atomic mass is 9.71. The van der Waals surface area contributed by atoms with Gasteiger partial charge in [-0.3, -0.25) is 9.97 Å². The number of pyridine rings is 2. The largest absolute Gasteiger partial charge is 0.251 e. The van der Waals surface area contributed by atoms with E-state index in [9.17, 15) is 0 Å². The van der Waals surface area contributed by atoms with Crippen molar-refractivity contribution in [2.75, 3.05) is 0 Å². The monoisotopic (exact) mass is 574 g/mol. The van der Waals surface area contributed by atoms with Gasteiger partial charge >= 0.3 is 0 Å². The smallest absolute Gasteiger partial charge is 0.106 e. The number of aromatic nitrogens is 2. The Hall–Kier alpha value is -5.60. The van der Waals surface area contributed by atoms with Crippen molar-refractivity contribution >= 4 is 27.1 Å². The molecule has 2 heterocycles. The zero-order valence-electron chi connectivity index (χ0n) is 24.8. The summed E-state index contributed by atoms with van der Waals surface area (Å²) in [5.74, 6) is 0. The van der Waals surface area contributed by atoms with E-state index in [2.05, 4.69) is 158 Å². The highest BCUT2D eigenvalue weighted by molar-refractivity contribution is 5.97. The maximum Gasteiger partial charge on any atom is 0.106 e. The van der Waals surface area contributed by atoms with Gasteiger partial charge in [-0.05, 0) is 63.6 Å². The summed E-state index contributed by atoms with van der Waals surface area (Å²) in [4.78, 5) is 11.3. The van der Waals surface area contributed by atoms with Crippen LogP contribution >= 0.6 is 0 Å². The SMILES string of the molecule is C1=CCCC(c2nc(C3(c4cc5ccccc5c(-c5ccccc5)n4)c4ccccc4-c4ccccc43)cc3ccccc23)=C1. The highest BCUT2D eigenvalue weighted by Gasteiger charge is 2.49. The van der Waals surface area contributed by atoms with Crippen molar-refractivity contribution in [2.45, 2.75) is 18.3 Å². The second-order valence-electron chi connectivity index (χ2n) is 12.0. The molecule has 45 heavy (non-hydrogen) atoms. The third-order valence-electron chi connectivity index (χ3n) is 9.57. The van der Waals surface area contributed by atoms with Crippen LogP contribution in [-0.2, 0) is 5.41 Å². The Kier molecular flexibility index (Phi) is 5.89. The molecule has 2 heteroatoms. The van der Waals surface area contributed by atoms with E-state index in [0.29, 0.717) is 0 Å². The van der Waals surface area contributed by atoms with E-state index in [4.69, 9.17) is 9.97 Å². The summed E-state index contributed by atoms with van der Waals surface area (Å²) in [7, 11) is 0. The van der Waals surface area contributed by atoms with Gasteiger partial charge in [-0.25, -0.2) is 0 Å². The van der Waals surface area contributed by atoms with Crippen LogP contribution in [-0.4, -0.2) is 9.97 Å². The van der Waals surface area contributed by atoms with Crippen molar-refractivity contribution in [1.29, 1.82) is 0 Å². The normalized spacial score (nSPS) is 14.7. The molecule has 0 unspecified atom stereocenters. The first kappa shape index (κ1) is 25.9. The average molecular weight is 575 g/mol. The number of fused-ring (bicyclic) bond motifs is 5. The first-order chi connectivity index (χ1) is 22.3. The Balaban J connectivity index is 1.46. The van der Waals surface area contributed by atoms with Gasteiger partial charge in [-0.15, -0.1) is 0 Å². The summed E-state index contributed by atoms with van der Waals surface area (Å²) >= 11 is 0. The van der Waals surface area contributed by atoms with Crippen LogP contribution < -0.4 is 0 Å². The van der Waals surface area contributed by atoms with E-state index in [1.54, 1.807) is 0 Å². The van der Waals surface area contributed by atoms with Gasteiger partial charge in [0.2, 0.25) is 0 Å². The van der Waals surface area contributed by atoms with Crippen LogP contribution in [0.3, 0.4) is 0 Å². The topological polar surface area (TPSA) is 25.8 Å². The van der Waals surface area contributed by atoms with Crippen LogP contribution in [0.1, 0.15) is 41.1 Å². The molecule has 212 valence electrons. The molecule has 0 bridgehead atoms. The van der Waals surface area contributed by atoms with Gasteiger partial charge < -0.3 is 0 Å². The minimum Gasteiger partial charge on any atom is -0.251 e. The average Bonchev–Trinajstić information content (AvgIpc) is 3.42. The van der Waals surface area contributed by atoms with Crippen molar-refractivity contribution in [1.82, 2.24) is 9.97 Å². The molecule has 0 radical (unpaired) electrons. The summed E-state index contributed by atoms with van der Waals surface area (Å²) in [6, 6.07) is 50.2. The molecule has 2 aliphatic carbocycles. The molecule has 5 aromatic carbocycles. The molecule has 9 rings (SSSR count). The molecule has 0 atom stereocenters. The molecule has 2 nitrogen and oxygen atoms in total. The third kappa shape index (κ3) is 3.89. The van der Waals surface area contributed by atoms with Gasteiger partial charge in [0.15, 0.2) is 0 Å². The fourth-order valence-electron chi connectivity index (χ4n) is 7.56. The number of hydrogen-bond acceptors (Lipinski definition) is 2. The Morgan fingerprint density at radius 2 is 1.04 bits per heavy atom. The number of hydrogen-bond donors (Lipinski definition) is 0. The van der Waals surface area contributed by atoms with Gasteiger partial charge in [0.1, 0.15) is 5.41 Å². The fourth-order valence-corrected chi connectivity index (χ4v) is 7.56. The second kappa shape index (κ2) is 10.2. The number of nitrogens with zero attached hydrogens (tertiary/aromatic N) is 2. The Bertz CT molecular complexity index is 2280. The highest BCUT2D eigenvalue weighted by atomic mass is 14.8. The molecule has 2 aliphatic rings. The van der Waals surface area contributed by atoms with E-state index in [1.165, 1.54) is 44.0 Å². The van der Waals surface area contributed by atoms with Crippen LogP contribution in [0, 0.1) is 0 Å². The van der Waals surface area contributed by atoms with Crippen LogP contribution in [0.5, 0.6) is 0 Å². The predicted molar refractivity (Wildman–Crippen MR) is 186 cm³/mol. The molecule has 7 aromatic rings. The Morgan fingerprint density at radius 3 is 1.67 bits per heavy atom. The van der Waals surface area contributed by atoms with Gasteiger partial charge in [0, 0.05) is 16.3 Å². The van der Waals surface area contributed by atoms with Crippen molar-refractivity contribution in [3.63, 3.8) is 0 Å². The van der Waals surface area contributed by atoms with E-state index in [-0.39, 0.29) is 0 Å². The molecule has 0 N–H and O–H groups in total. The highest BCUT2D eigenvalue weighted by Crippen LogP contribution is 2.56.